The summed E-state index contributed by atoms with van der Waals surface area (Å²) >= 11 is 0. The van der Waals surface area contributed by atoms with E-state index >= 15 is 0 Å². The zero-order valence-corrected chi connectivity index (χ0v) is 16.3. The van der Waals surface area contributed by atoms with Crippen LogP contribution in [0.4, 0.5) is 11.6 Å². The predicted octanol–water partition coefficient (Wildman–Crippen LogP) is 3.17. The summed E-state index contributed by atoms with van der Waals surface area (Å²) in [6, 6.07) is 11.5. The van der Waals surface area contributed by atoms with Gasteiger partial charge in [-0.3, -0.25) is 10.1 Å². The molecule has 1 aliphatic carbocycles. The molecule has 2 aromatic heterocycles. The molecule has 0 saturated heterocycles. The molecule has 4 rings (SSSR count). The Bertz CT molecular complexity index is 1070. The maximum absolute atomic E-state index is 11.9. The van der Waals surface area contributed by atoms with Crippen molar-refractivity contribution >= 4 is 29.2 Å². The van der Waals surface area contributed by atoms with Gasteiger partial charge in [-0.2, -0.15) is 4.98 Å². The fraction of sp³-hybridized carbons (Fsp3) is 0.333. The minimum atomic E-state index is -1.06. The second-order valence-corrected chi connectivity index (χ2v) is 8.01. The van der Waals surface area contributed by atoms with Crippen LogP contribution in [-0.2, 0) is 10.2 Å². The molecule has 3 aromatic rings. The van der Waals surface area contributed by atoms with E-state index in [0.717, 1.165) is 18.4 Å². The highest BCUT2D eigenvalue weighted by atomic mass is 16.4. The number of nitrogens with zero attached hydrogens (tertiary/aromatic N) is 3. The first-order chi connectivity index (χ1) is 13.8. The second kappa shape index (κ2) is 7.20. The Labute approximate surface area is 168 Å². The van der Waals surface area contributed by atoms with E-state index in [1.54, 1.807) is 6.20 Å². The van der Waals surface area contributed by atoms with Gasteiger partial charge in [0.25, 0.3) is 0 Å². The molecule has 1 aromatic carbocycles. The van der Waals surface area contributed by atoms with Gasteiger partial charge < -0.3 is 10.4 Å². The number of aromatic nitrogens is 3. The third-order valence-corrected chi connectivity index (χ3v) is 5.16. The van der Waals surface area contributed by atoms with Gasteiger partial charge in [0, 0.05) is 17.9 Å². The van der Waals surface area contributed by atoms with Crippen LogP contribution in [0.5, 0.6) is 0 Å². The first-order valence-electron chi connectivity index (χ1n) is 9.57. The Kier molecular flexibility index (Phi) is 4.70. The average molecular weight is 393 g/mol. The van der Waals surface area contributed by atoms with Crippen molar-refractivity contribution in [3.8, 4) is 0 Å². The summed E-state index contributed by atoms with van der Waals surface area (Å²) in [7, 11) is 0. The molecule has 0 radical (unpaired) electrons. The number of amides is 1. The maximum atomic E-state index is 11.9. The van der Waals surface area contributed by atoms with Gasteiger partial charge in [-0.1, -0.05) is 44.2 Å². The number of benzene rings is 1. The van der Waals surface area contributed by atoms with Gasteiger partial charge >= 0.3 is 5.97 Å². The number of anilines is 2. The summed E-state index contributed by atoms with van der Waals surface area (Å²) in [6.45, 7) is 4.72. The summed E-state index contributed by atoms with van der Waals surface area (Å²) in [5.74, 6) is -0.935. The van der Waals surface area contributed by atoms with Gasteiger partial charge in [0.05, 0.1) is 17.4 Å². The standard InChI is InChI=1S/C21H23N5O3/c1-21(2,14-6-4-3-5-7-14)12-22-16-11-26-17(10-15(16)19(28)29)23-20(25-26)24-18(27)13-8-9-13/h3-7,10-11,13,22H,8-9,12H2,1-2H3,(H,28,29)(H,24,25,27). The number of fused-ring (bicyclic) bond motifs is 1. The summed E-state index contributed by atoms with van der Waals surface area (Å²) in [6.07, 6.45) is 3.36. The highest BCUT2D eigenvalue weighted by Gasteiger charge is 2.30. The minimum Gasteiger partial charge on any atom is -0.478 e. The molecule has 1 fully saturated rings. The number of carboxylic acids is 1. The van der Waals surface area contributed by atoms with Crippen LogP contribution in [0.2, 0.25) is 0 Å². The molecule has 0 spiro atoms. The van der Waals surface area contributed by atoms with E-state index in [0.29, 0.717) is 17.9 Å². The SMILES string of the molecule is CC(C)(CNc1cn2nc(NC(=O)C3CC3)nc2cc1C(=O)O)c1ccccc1. The topological polar surface area (TPSA) is 109 Å². The van der Waals surface area contributed by atoms with E-state index in [2.05, 4.69) is 46.7 Å². The lowest BCUT2D eigenvalue weighted by Crippen LogP contribution is -2.28. The second-order valence-electron chi connectivity index (χ2n) is 8.01. The Hall–Kier alpha value is -3.42. The summed E-state index contributed by atoms with van der Waals surface area (Å²) in [5, 5.41) is 19.8. The lowest BCUT2D eigenvalue weighted by Gasteiger charge is -2.26. The molecule has 0 aliphatic heterocycles. The zero-order chi connectivity index (χ0) is 20.6. The van der Waals surface area contributed by atoms with Gasteiger partial charge in [0.15, 0.2) is 5.65 Å². The number of carboxylic acid groups (broad SMARTS) is 1. The molecule has 0 atom stereocenters. The van der Waals surface area contributed by atoms with Gasteiger partial charge in [0.2, 0.25) is 11.9 Å². The normalized spacial score (nSPS) is 14.0. The molecule has 8 heteroatoms. The van der Waals surface area contributed by atoms with Crippen molar-refractivity contribution in [2.45, 2.75) is 32.1 Å². The Morgan fingerprint density at radius 1 is 1.24 bits per heavy atom. The molecular formula is C21H23N5O3. The Morgan fingerprint density at radius 3 is 2.62 bits per heavy atom. The molecule has 29 heavy (non-hydrogen) atoms. The number of carbonyl (C=O) groups is 2. The van der Waals surface area contributed by atoms with E-state index in [-0.39, 0.29) is 28.8 Å². The van der Waals surface area contributed by atoms with Crippen LogP contribution in [-0.4, -0.2) is 38.1 Å². The highest BCUT2D eigenvalue weighted by molar-refractivity contribution is 5.95. The quantitative estimate of drug-likeness (QED) is 0.569. The summed E-state index contributed by atoms with van der Waals surface area (Å²) < 4.78 is 1.48. The Morgan fingerprint density at radius 2 is 1.97 bits per heavy atom. The molecule has 150 valence electrons. The number of nitrogens with one attached hydrogen (secondary N) is 2. The lowest BCUT2D eigenvalue weighted by atomic mass is 9.84. The van der Waals surface area contributed by atoms with Gasteiger partial charge in [-0.05, 0) is 24.5 Å². The predicted molar refractivity (Wildman–Crippen MR) is 109 cm³/mol. The van der Waals surface area contributed by atoms with E-state index in [1.807, 2.05) is 18.2 Å². The fourth-order valence-corrected chi connectivity index (χ4v) is 3.16. The van der Waals surface area contributed by atoms with E-state index in [1.165, 1.54) is 10.6 Å². The third-order valence-electron chi connectivity index (χ3n) is 5.16. The Balaban J connectivity index is 1.59. The summed E-state index contributed by atoms with van der Waals surface area (Å²) in [5.41, 5.74) is 1.85. The molecule has 1 aliphatic rings. The van der Waals surface area contributed by atoms with Crippen molar-refractivity contribution in [3.63, 3.8) is 0 Å². The number of hydrogen-bond donors (Lipinski definition) is 3. The number of aromatic carboxylic acids is 1. The van der Waals surface area contributed by atoms with Crippen LogP contribution < -0.4 is 10.6 Å². The average Bonchev–Trinajstić information content (AvgIpc) is 3.47. The van der Waals surface area contributed by atoms with Crippen molar-refractivity contribution < 1.29 is 14.7 Å². The van der Waals surface area contributed by atoms with Crippen molar-refractivity contribution in [3.05, 3.63) is 53.7 Å². The maximum Gasteiger partial charge on any atom is 0.337 e. The monoisotopic (exact) mass is 393 g/mol. The van der Waals surface area contributed by atoms with Crippen LogP contribution in [0.3, 0.4) is 0 Å². The molecule has 3 N–H and O–H groups in total. The van der Waals surface area contributed by atoms with Gasteiger partial charge in [-0.25, -0.2) is 9.31 Å². The molecular weight excluding hydrogens is 370 g/mol. The van der Waals surface area contributed by atoms with E-state index < -0.39 is 5.97 Å². The molecule has 8 nitrogen and oxygen atoms in total. The molecule has 0 unspecified atom stereocenters. The summed E-state index contributed by atoms with van der Waals surface area (Å²) in [4.78, 5) is 27.9. The highest BCUT2D eigenvalue weighted by Crippen LogP contribution is 2.30. The number of carbonyl (C=O) groups excluding carboxylic acids is 1. The fourth-order valence-electron chi connectivity index (χ4n) is 3.16. The number of hydrogen-bond acceptors (Lipinski definition) is 5. The largest absolute Gasteiger partial charge is 0.478 e. The zero-order valence-electron chi connectivity index (χ0n) is 16.3. The van der Waals surface area contributed by atoms with Crippen molar-refractivity contribution in [2.24, 2.45) is 5.92 Å². The van der Waals surface area contributed by atoms with E-state index in [9.17, 15) is 14.7 Å². The van der Waals surface area contributed by atoms with Crippen LogP contribution in [0.25, 0.3) is 5.65 Å². The first-order valence-corrected chi connectivity index (χ1v) is 9.57. The van der Waals surface area contributed by atoms with Crippen molar-refractivity contribution in [1.29, 1.82) is 0 Å². The van der Waals surface area contributed by atoms with E-state index in [4.69, 9.17) is 0 Å². The smallest absolute Gasteiger partial charge is 0.337 e. The molecule has 2 heterocycles. The van der Waals surface area contributed by atoms with Crippen molar-refractivity contribution in [2.75, 3.05) is 17.2 Å². The number of pyridine rings is 1. The molecule has 0 bridgehead atoms. The van der Waals surface area contributed by atoms with Crippen molar-refractivity contribution in [1.82, 2.24) is 14.6 Å². The molecule has 1 saturated carbocycles. The van der Waals surface area contributed by atoms with Crippen LogP contribution >= 0.6 is 0 Å². The van der Waals surface area contributed by atoms with Gasteiger partial charge in [0.1, 0.15) is 0 Å². The number of rotatable bonds is 7. The van der Waals surface area contributed by atoms with Gasteiger partial charge in [-0.15, -0.1) is 5.10 Å². The first kappa shape index (κ1) is 18.9. The third kappa shape index (κ3) is 4.06. The minimum absolute atomic E-state index is 0.0358. The lowest BCUT2D eigenvalue weighted by molar-refractivity contribution is -0.117. The van der Waals surface area contributed by atoms with Crippen LogP contribution in [0.15, 0.2) is 42.6 Å². The van der Waals surface area contributed by atoms with Crippen LogP contribution in [0.1, 0.15) is 42.6 Å². The van der Waals surface area contributed by atoms with Crippen LogP contribution in [0, 0.1) is 5.92 Å². The molecule has 1 amide bonds.